The minimum absolute atomic E-state index is 0.0638. The van der Waals surface area contributed by atoms with Crippen LogP contribution in [0.25, 0.3) is 10.1 Å². The van der Waals surface area contributed by atoms with Gasteiger partial charge in [0.1, 0.15) is 6.10 Å². The summed E-state index contributed by atoms with van der Waals surface area (Å²) < 4.78 is 26.9. The predicted molar refractivity (Wildman–Crippen MR) is 123 cm³/mol. The highest BCUT2D eigenvalue weighted by Crippen LogP contribution is 2.29. The van der Waals surface area contributed by atoms with Crippen LogP contribution < -0.4 is 15.4 Å². The largest absolute Gasteiger partial charge is 0.386 e. The minimum Gasteiger partial charge on any atom is -0.386 e. The number of rotatable bonds is 8. The predicted octanol–water partition coefficient (Wildman–Crippen LogP) is 2.35. The number of hydrogen-bond acceptors (Lipinski definition) is 5. The van der Waals surface area contributed by atoms with Gasteiger partial charge in [-0.05, 0) is 35.7 Å². The lowest BCUT2D eigenvalue weighted by atomic mass is 10.1. The molecule has 4 N–H and O–H groups in total. The molecule has 9 heteroatoms. The summed E-state index contributed by atoms with van der Waals surface area (Å²) in [7, 11) is -0.243. The lowest BCUT2D eigenvalue weighted by Gasteiger charge is -2.15. The Hall–Kier alpha value is -2.46. The molecule has 0 saturated heterocycles. The molecule has 3 aromatic rings. The average molecular weight is 447 g/mol. The second kappa shape index (κ2) is 10.0. The first-order chi connectivity index (χ1) is 14.4. The van der Waals surface area contributed by atoms with Crippen LogP contribution in [0, 0.1) is 0 Å². The van der Waals surface area contributed by atoms with Gasteiger partial charge >= 0.3 is 0 Å². The van der Waals surface area contributed by atoms with E-state index in [1.807, 2.05) is 48.5 Å². The van der Waals surface area contributed by atoms with E-state index in [0.717, 1.165) is 20.5 Å². The molecule has 0 bridgehead atoms. The number of benzene rings is 2. The van der Waals surface area contributed by atoms with Crippen LogP contribution in [0.3, 0.4) is 0 Å². The lowest BCUT2D eigenvalue weighted by molar-refractivity contribution is 0.184. The van der Waals surface area contributed by atoms with E-state index in [-0.39, 0.29) is 5.75 Å². The summed E-state index contributed by atoms with van der Waals surface area (Å²) in [6.07, 6.45) is -0.643. The van der Waals surface area contributed by atoms with E-state index in [9.17, 15) is 13.5 Å². The second-order valence-electron chi connectivity index (χ2n) is 6.79. The molecule has 0 aliphatic carbocycles. The van der Waals surface area contributed by atoms with Gasteiger partial charge in [0.15, 0.2) is 5.96 Å². The zero-order valence-electron chi connectivity index (χ0n) is 16.9. The maximum atomic E-state index is 11.7. The first kappa shape index (κ1) is 22.2. The van der Waals surface area contributed by atoms with Crippen LogP contribution in [-0.4, -0.2) is 40.1 Å². The zero-order valence-corrected chi connectivity index (χ0v) is 18.6. The molecule has 160 valence electrons. The SMILES string of the molecule is CN=C(NCc1cccc(CS(=O)(=O)NC)c1)NCC(O)c1cc2ccccc2s1. The topological polar surface area (TPSA) is 103 Å². The third-order valence-corrected chi connectivity index (χ3v) is 7.13. The quantitative estimate of drug-likeness (QED) is 0.314. The van der Waals surface area contributed by atoms with E-state index in [4.69, 9.17) is 0 Å². The molecule has 0 amide bonds. The fourth-order valence-electron chi connectivity index (χ4n) is 2.99. The Labute approximate surface area is 180 Å². The summed E-state index contributed by atoms with van der Waals surface area (Å²) in [5.74, 6) is 0.495. The van der Waals surface area contributed by atoms with Gasteiger partial charge < -0.3 is 15.7 Å². The highest BCUT2D eigenvalue weighted by atomic mass is 32.2. The molecule has 0 fully saturated rings. The fraction of sp³-hybridized carbons (Fsp3) is 0.286. The van der Waals surface area contributed by atoms with Crippen molar-refractivity contribution in [3.63, 3.8) is 0 Å². The summed E-state index contributed by atoms with van der Waals surface area (Å²) in [6.45, 7) is 0.805. The van der Waals surface area contributed by atoms with Crippen LogP contribution in [0.2, 0.25) is 0 Å². The summed E-state index contributed by atoms with van der Waals surface area (Å²) in [4.78, 5) is 5.09. The average Bonchev–Trinajstić information content (AvgIpc) is 3.18. The van der Waals surface area contributed by atoms with Crippen LogP contribution in [0.1, 0.15) is 22.1 Å². The van der Waals surface area contributed by atoms with Crippen molar-refractivity contribution in [3.8, 4) is 0 Å². The van der Waals surface area contributed by atoms with Crippen molar-refractivity contribution in [2.75, 3.05) is 20.6 Å². The second-order valence-corrected chi connectivity index (χ2v) is 9.83. The molecule has 1 heterocycles. The molecule has 3 rings (SSSR count). The fourth-order valence-corrected chi connectivity index (χ4v) is 4.80. The highest BCUT2D eigenvalue weighted by molar-refractivity contribution is 7.88. The first-order valence-corrected chi connectivity index (χ1v) is 12.0. The third-order valence-electron chi connectivity index (χ3n) is 4.58. The Balaban J connectivity index is 1.54. The monoisotopic (exact) mass is 446 g/mol. The Morgan fingerprint density at radius 3 is 2.60 bits per heavy atom. The summed E-state index contributed by atoms with van der Waals surface area (Å²) >= 11 is 1.58. The molecule has 0 spiro atoms. The number of fused-ring (bicyclic) bond motifs is 1. The van der Waals surface area contributed by atoms with Crippen LogP contribution in [-0.2, 0) is 22.3 Å². The van der Waals surface area contributed by atoms with Gasteiger partial charge in [-0.1, -0.05) is 42.5 Å². The van der Waals surface area contributed by atoms with Crippen molar-refractivity contribution in [3.05, 3.63) is 70.6 Å². The number of guanidine groups is 1. The van der Waals surface area contributed by atoms with Crippen molar-refractivity contribution in [1.82, 2.24) is 15.4 Å². The van der Waals surface area contributed by atoms with E-state index in [0.29, 0.717) is 24.6 Å². The third kappa shape index (κ3) is 6.02. The lowest BCUT2D eigenvalue weighted by Crippen LogP contribution is -2.38. The minimum atomic E-state index is -3.31. The number of hydrogen-bond donors (Lipinski definition) is 4. The van der Waals surface area contributed by atoms with Gasteiger partial charge in [-0.15, -0.1) is 11.3 Å². The van der Waals surface area contributed by atoms with Crippen LogP contribution in [0.15, 0.2) is 59.6 Å². The maximum Gasteiger partial charge on any atom is 0.215 e. The van der Waals surface area contributed by atoms with Gasteiger partial charge in [-0.2, -0.15) is 0 Å². The molecular weight excluding hydrogens is 420 g/mol. The molecule has 1 aromatic heterocycles. The molecule has 30 heavy (non-hydrogen) atoms. The zero-order chi connectivity index (χ0) is 21.6. The van der Waals surface area contributed by atoms with Gasteiger partial charge in [0, 0.05) is 29.7 Å². The summed E-state index contributed by atoms with van der Waals surface area (Å²) in [6, 6.07) is 17.4. The molecule has 2 aromatic carbocycles. The number of thiophene rings is 1. The number of nitrogens with one attached hydrogen (secondary N) is 3. The molecule has 0 aliphatic heterocycles. The molecule has 0 aliphatic rings. The van der Waals surface area contributed by atoms with Crippen LogP contribution >= 0.6 is 11.3 Å². The Morgan fingerprint density at radius 2 is 1.87 bits per heavy atom. The summed E-state index contributed by atoms with van der Waals surface area (Å²) in [5, 5.41) is 18.0. The first-order valence-electron chi connectivity index (χ1n) is 9.50. The number of nitrogens with zero attached hydrogens (tertiary/aromatic N) is 1. The van der Waals surface area contributed by atoms with E-state index in [1.165, 1.54) is 7.05 Å². The van der Waals surface area contributed by atoms with Gasteiger partial charge in [0.2, 0.25) is 10.0 Å². The van der Waals surface area contributed by atoms with E-state index in [1.54, 1.807) is 24.5 Å². The number of aliphatic hydroxyl groups is 1. The Morgan fingerprint density at radius 1 is 1.10 bits per heavy atom. The molecular formula is C21H26N4O3S2. The van der Waals surface area contributed by atoms with E-state index in [2.05, 4.69) is 20.3 Å². The maximum absolute atomic E-state index is 11.7. The van der Waals surface area contributed by atoms with E-state index >= 15 is 0 Å². The Bertz CT molecular complexity index is 1090. The van der Waals surface area contributed by atoms with Crippen molar-refractivity contribution < 1.29 is 13.5 Å². The number of sulfonamides is 1. The van der Waals surface area contributed by atoms with Crippen molar-refractivity contribution in [2.24, 2.45) is 4.99 Å². The van der Waals surface area contributed by atoms with Gasteiger partial charge in [0.05, 0.1) is 5.75 Å². The highest BCUT2D eigenvalue weighted by Gasteiger charge is 2.12. The molecule has 1 atom stereocenters. The normalized spacial score (nSPS) is 13.4. The van der Waals surface area contributed by atoms with Crippen LogP contribution in [0.5, 0.6) is 0 Å². The molecule has 0 saturated carbocycles. The van der Waals surface area contributed by atoms with Crippen molar-refractivity contribution in [1.29, 1.82) is 0 Å². The Kier molecular flexibility index (Phi) is 7.43. The number of aliphatic imine (C=N–C) groups is 1. The van der Waals surface area contributed by atoms with E-state index < -0.39 is 16.1 Å². The molecule has 0 radical (unpaired) electrons. The van der Waals surface area contributed by atoms with Gasteiger partial charge in [0.25, 0.3) is 0 Å². The molecule has 1 unspecified atom stereocenters. The van der Waals surface area contributed by atoms with Crippen LogP contribution in [0.4, 0.5) is 0 Å². The van der Waals surface area contributed by atoms with Gasteiger partial charge in [-0.3, -0.25) is 4.99 Å². The van der Waals surface area contributed by atoms with Gasteiger partial charge in [-0.25, -0.2) is 13.1 Å². The molecule has 7 nitrogen and oxygen atoms in total. The standard InChI is InChI=1S/C21H26N4O3S2/c1-22-21(24-12-15-6-5-7-16(10-15)14-30(27,28)23-2)25-13-18(26)20-11-17-8-3-4-9-19(17)29-20/h3-11,18,23,26H,12-14H2,1-2H3,(H2,22,24,25). The van der Waals surface area contributed by atoms with Crippen molar-refractivity contribution >= 4 is 37.4 Å². The number of aliphatic hydroxyl groups excluding tert-OH is 1. The smallest absolute Gasteiger partial charge is 0.215 e. The summed E-state index contributed by atoms with van der Waals surface area (Å²) in [5.41, 5.74) is 1.65. The van der Waals surface area contributed by atoms with Crippen molar-refractivity contribution in [2.45, 2.75) is 18.4 Å².